The van der Waals surface area contributed by atoms with Gasteiger partial charge in [0, 0.05) is 40.5 Å². The first-order valence-electron chi connectivity index (χ1n) is 9.14. The van der Waals surface area contributed by atoms with Crippen molar-refractivity contribution in [1.29, 1.82) is 0 Å². The molecule has 149 valence electrons. The molecule has 1 N–H and O–H groups in total. The molecule has 27 heavy (non-hydrogen) atoms. The Morgan fingerprint density at radius 3 is 2.56 bits per heavy atom. The summed E-state index contributed by atoms with van der Waals surface area (Å²) in [5, 5.41) is 2.97. The third kappa shape index (κ3) is 6.86. The smallest absolute Gasteiger partial charge is 0.332 e. The van der Waals surface area contributed by atoms with Crippen molar-refractivity contribution in [2.45, 2.75) is 49.3 Å². The van der Waals surface area contributed by atoms with Crippen LogP contribution in [0.3, 0.4) is 0 Å². The van der Waals surface area contributed by atoms with Gasteiger partial charge in [-0.3, -0.25) is 4.57 Å². The molecule has 0 aromatic carbocycles. The molecule has 12 heteroatoms. The van der Waals surface area contributed by atoms with Gasteiger partial charge in [-0.1, -0.05) is 0 Å². The Hall–Kier alpha value is 0.145. The van der Waals surface area contributed by atoms with E-state index in [9.17, 15) is 4.57 Å². The first kappa shape index (κ1) is 23.4. The largest absolute Gasteiger partial charge is 0.382 e. The van der Waals surface area contributed by atoms with Crippen LogP contribution in [-0.4, -0.2) is 106 Å². The highest BCUT2D eigenvalue weighted by Crippen LogP contribution is 2.51. The molecule has 0 aliphatic carbocycles. The molecule has 2 aliphatic rings. The summed E-state index contributed by atoms with van der Waals surface area (Å²) in [6, 6.07) is -0.696. The van der Waals surface area contributed by atoms with Crippen LogP contribution in [0.15, 0.2) is 0 Å². The highest BCUT2D eigenvalue weighted by atomic mass is 31.2. The fourth-order valence-electron chi connectivity index (χ4n) is 3.23. The van der Waals surface area contributed by atoms with E-state index in [4.69, 9.17) is 43.6 Å². The quantitative estimate of drug-likeness (QED) is 0.353. The molecule has 2 fully saturated rings. The second-order valence-electron chi connectivity index (χ2n) is 6.70. The van der Waals surface area contributed by atoms with Crippen LogP contribution >= 0.6 is 7.60 Å². The highest BCUT2D eigenvalue weighted by molar-refractivity contribution is 7.53. The standard InChI is InChI=1S/C15H28B3NO7P/c1-19-4-5-27(20,26-11-6-14(16)24-12(11)8-21-2)23-9-13-10(22-3)7-15(18-17)25-13/h10-15,19H,4-9H2,1-3H3. The van der Waals surface area contributed by atoms with Crippen LogP contribution < -0.4 is 5.32 Å². The molecule has 0 bridgehead atoms. The molecule has 2 saturated heterocycles. The summed E-state index contributed by atoms with van der Waals surface area (Å²) in [4.78, 5) is 0. The van der Waals surface area contributed by atoms with Crippen molar-refractivity contribution < 1.29 is 32.6 Å². The molecular weight excluding hydrogens is 370 g/mol. The first-order valence-corrected chi connectivity index (χ1v) is 10.9. The Morgan fingerprint density at radius 2 is 1.93 bits per heavy atom. The van der Waals surface area contributed by atoms with Gasteiger partial charge in [0.1, 0.15) is 20.1 Å². The van der Waals surface area contributed by atoms with Crippen LogP contribution in [0.5, 0.6) is 0 Å². The predicted molar refractivity (Wildman–Crippen MR) is 104 cm³/mol. The van der Waals surface area contributed by atoms with Crippen LogP contribution in [-0.2, 0) is 32.6 Å². The second kappa shape index (κ2) is 11.4. The van der Waals surface area contributed by atoms with Crippen molar-refractivity contribution in [1.82, 2.24) is 5.32 Å². The van der Waals surface area contributed by atoms with E-state index in [0.717, 1.165) is 0 Å². The summed E-state index contributed by atoms with van der Waals surface area (Å²) in [6.07, 6.45) is -0.139. The molecule has 0 aromatic rings. The molecule has 2 rings (SSSR count). The summed E-state index contributed by atoms with van der Waals surface area (Å²) in [7, 11) is 14.4. The molecular formula is C15H28B3NO7P. The van der Waals surface area contributed by atoms with Crippen molar-refractivity contribution >= 4 is 30.3 Å². The second-order valence-corrected chi connectivity index (χ2v) is 8.84. The summed E-state index contributed by atoms with van der Waals surface area (Å²) in [5.74, 6) is 0. The molecule has 8 nitrogen and oxygen atoms in total. The molecule has 0 aromatic heterocycles. The van der Waals surface area contributed by atoms with E-state index in [1.807, 2.05) is 0 Å². The van der Waals surface area contributed by atoms with E-state index >= 15 is 0 Å². The Labute approximate surface area is 165 Å². The van der Waals surface area contributed by atoms with E-state index < -0.39 is 19.7 Å². The molecule has 5 radical (unpaired) electrons. The maximum atomic E-state index is 13.3. The SMILES string of the molecule is [B][B]C1CC(OC)C(COP(=O)(CCNC)OC2CC([B])OC2COC)O1. The summed E-state index contributed by atoms with van der Waals surface area (Å²) in [5.41, 5.74) is 0. The molecule has 0 saturated carbocycles. The first-order chi connectivity index (χ1) is 12.9. The lowest BCUT2D eigenvalue weighted by molar-refractivity contribution is -0.0292. The lowest BCUT2D eigenvalue weighted by Crippen LogP contribution is -2.31. The van der Waals surface area contributed by atoms with Gasteiger partial charge in [-0.25, -0.2) is 0 Å². The zero-order chi connectivity index (χ0) is 19.9. The molecule has 0 amide bonds. The van der Waals surface area contributed by atoms with Gasteiger partial charge in [-0.15, -0.1) is 0 Å². The number of methoxy groups -OCH3 is 2. The number of hydrogen-bond donors (Lipinski definition) is 1. The number of ether oxygens (including phenoxy) is 4. The fourth-order valence-corrected chi connectivity index (χ4v) is 5.03. The van der Waals surface area contributed by atoms with Gasteiger partial charge in [0.15, 0.2) is 0 Å². The Kier molecular flexibility index (Phi) is 9.86. The highest BCUT2D eigenvalue weighted by Gasteiger charge is 2.41. The van der Waals surface area contributed by atoms with Gasteiger partial charge in [0.25, 0.3) is 0 Å². The fraction of sp³-hybridized carbons (Fsp3) is 1.00. The molecule has 7 atom stereocenters. The minimum atomic E-state index is -3.42. The van der Waals surface area contributed by atoms with E-state index in [-0.39, 0.29) is 37.1 Å². The number of rotatable bonds is 12. The van der Waals surface area contributed by atoms with Gasteiger partial charge < -0.3 is 33.3 Å². The van der Waals surface area contributed by atoms with E-state index in [0.29, 0.717) is 26.0 Å². The monoisotopic (exact) mass is 398 g/mol. The normalized spacial score (nSPS) is 36.0. The summed E-state index contributed by atoms with van der Waals surface area (Å²) >= 11 is 0. The zero-order valence-electron chi connectivity index (χ0n) is 16.2. The van der Waals surface area contributed by atoms with Crippen LogP contribution in [0, 0.1) is 0 Å². The lowest BCUT2D eigenvalue weighted by Gasteiger charge is -2.27. The van der Waals surface area contributed by atoms with Gasteiger partial charge >= 0.3 is 7.60 Å². The van der Waals surface area contributed by atoms with Crippen LogP contribution in [0.4, 0.5) is 0 Å². The summed E-state index contributed by atoms with van der Waals surface area (Å²) in [6.45, 7) is 0.860. The van der Waals surface area contributed by atoms with Gasteiger partial charge in [0.05, 0.1) is 38.8 Å². The maximum absolute atomic E-state index is 13.3. The van der Waals surface area contributed by atoms with Crippen molar-refractivity contribution in [3.05, 3.63) is 0 Å². The molecule has 7 unspecified atom stereocenters. The molecule has 2 aliphatic heterocycles. The Balaban J connectivity index is 1.99. The third-order valence-electron chi connectivity index (χ3n) is 4.67. The van der Waals surface area contributed by atoms with Gasteiger partial charge in [0.2, 0.25) is 0 Å². The van der Waals surface area contributed by atoms with E-state index in [1.165, 1.54) is 7.17 Å². The van der Waals surface area contributed by atoms with E-state index in [1.54, 1.807) is 21.3 Å². The third-order valence-corrected chi connectivity index (χ3v) is 6.58. The predicted octanol–water partition coefficient (Wildman–Crippen LogP) is -0.352. The van der Waals surface area contributed by atoms with Gasteiger partial charge in [-0.05, 0) is 19.9 Å². The number of hydrogen-bond acceptors (Lipinski definition) is 8. The van der Waals surface area contributed by atoms with Crippen LogP contribution in [0.2, 0.25) is 0 Å². The van der Waals surface area contributed by atoms with Crippen LogP contribution in [0.1, 0.15) is 12.8 Å². The maximum Gasteiger partial charge on any atom is 0.332 e. The summed E-state index contributed by atoms with van der Waals surface area (Å²) < 4.78 is 46.9. The van der Waals surface area contributed by atoms with E-state index in [2.05, 4.69) is 5.32 Å². The molecule has 0 spiro atoms. The average Bonchev–Trinajstić information content (AvgIpc) is 3.21. The Morgan fingerprint density at radius 1 is 1.19 bits per heavy atom. The minimum Gasteiger partial charge on any atom is -0.382 e. The van der Waals surface area contributed by atoms with Crippen molar-refractivity contribution in [3.63, 3.8) is 0 Å². The van der Waals surface area contributed by atoms with Crippen molar-refractivity contribution in [3.8, 4) is 0 Å². The van der Waals surface area contributed by atoms with Crippen LogP contribution in [0.25, 0.3) is 0 Å². The average molecular weight is 398 g/mol. The van der Waals surface area contributed by atoms with Crippen molar-refractivity contribution in [2.75, 3.05) is 47.2 Å². The minimum absolute atomic E-state index is 0.0818. The zero-order valence-corrected chi connectivity index (χ0v) is 17.1. The van der Waals surface area contributed by atoms with Crippen molar-refractivity contribution in [2.24, 2.45) is 0 Å². The Bertz CT molecular complexity index is 492. The molecule has 2 heterocycles. The lowest BCUT2D eigenvalue weighted by atomic mass is 9.51. The topological polar surface area (TPSA) is 84.5 Å². The van der Waals surface area contributed by atoms with Gasteiger partial charge in [-0.2, -0.15) is 0 Å². The number of nitrogens with one attached hydrogen (secondary N) is 1.